The maximum Gasteiger partial charge on any atom is 0.344 e. The number of aromatic nitrogens is 2. The molecule has 0 radical (unpaired) electrons. The molecule has 0 aliphatic heterocycles. The van der Waals surface area contributed by atoms with Crippen molar-refractivity contribution in [3.63, 3.8) is 0 Å². The van der Waals surface area contributed by atoms with Crippen LogP contribution >= 0.6 is 0 Å². The molecular weight excluding hydrogens is 399 g/mol. The number of rotatable bonds is 6. The van der Waals surface area contributed by atoms with Gasteiger partial charge in [0.2, 0.25) is 0 Å². The number of carbonyl (C=O) groups is 2. The number of benzene rings is 2. The second kappa shape index (κ2) is 9.38. The minimum Gasteiger partial charge on any atom is -0.457 e. The Balaban J connectivity index is 1.80. The highest BCUT2D eigenvalue weighted by Crippen LogP contribution is 2.25. The number of esters is 2. The van der Waals surface area contributed by atoms with Gasteiger partial charge in [0, 0.05) is 23.4 Å². The average molecular weight is 422 g/mol. The predicted molar refractivity (Wildman–Crippen MR) is 115 cm³/mol. The number of hydrogen-bond acceptors (Lipinski definition) is 5. The summed E-state index contributed by atoms with van der Waals surface area (Å²) < 4.78 is 25.1. The van der Waals surface area contributed by atoms with Gasteiger partial charge in [-0.1, -0.05) is 18.2 Å². The molecule has 6 nitrogen and oxygen atoms in total. The summed E-state index contributed by atoms with van der Waals surface area (Å²) in [5.41, 5.74) is 2.07. The standard InChI is InChI=1S/C24H23FN2O4/c1-24(2,3)31-22(29)16-30-21(28)14-11-18-15-27(20-7-5-4-6-8-20)26-23(18)17-9-12-19(25)13-10-17/h4-15H,16H2,1-3H3/b14-11+. The van der Waals surface area contributed by atoms with Gasteiger partial charge in [-0.25, -0.2) is 18.7 Å². The molecule has 0 amide bonds. The van der Waals surface area contributed by atoms with E-state index in [0.717, 1.165) is 5.69 Å². The molecule has 0 atom stereocenters. The molecule has 0 unspecified atom stereocenters. The maximum absolute atomic E-state index is 13.3. The molecule has 3 aromatic rings. The van der Waals surface area contributed by atoms with Crippen molar-refractivity contribution in [1.29, 1.82) is 0 Å². The minimum atomic E-state index is -0.691. The summed E-state index contributed by atoms with van der Waals surface area (Å²) in [6.07, 6.45) is 4.51. The first-order valence-corrected chi connectivity index (χ1v) is 9.69. The lowest BCUT2D eigenvalue weighted by Gasteiger charge is -2.19. The van der Waals surface area contributed by atoms with Gasteiger partial charge >= 0.3 is 11.9 Å². The Bertz CT molecular complexity index is 1080. The van der Waals surface area contributed by atoms with Crippen LogP contribution in [0.4, 0.5) is 4.39 Å². The molecule has 0 N–H and O–H groups in total. The first-order valence-electron chi connectivity index (χ1n) is 9.69. The second-order valence-electron chi connectivity index (χ2n) is 7.75. The Morgan fingerprint density at radius 3 is 2.39 bits per heavy atom. The highest BCUT2D eigenvalue weighted by Gasteiger charge is 2.17. The predicted octanol–water partition coefficient (Wildman–Crippen LogP) is 4.58. The summed E-state index contributed by atoms with van der Waals surface area (Å²) >= 11 is 0. The monoisotopic (exact) mass is 422 g/mol. The molecule has 1 heterocycles. The average Bonchev–Trinajstić information content (AvgIpc) is 3.15. The van der Waals surface area contributed by atoms with Crippen molar-refractivity contribution in [3.05, 3.63) is 78.3 Å². The van der Waals surface area contributed by atoms with Gasteiger partial charge in [-0.05, 0) is 63.2 Å². The third-order valence-corrected chi connectivity index (χ3v) is 4.03. The molecule has 0 spiro atoms. The third-order valence-electron chi connectivity index (χ3n) is 4.03. The van der Waals surface area contributed by atoms with E-state index in [4.69, 9.17) is 9.47 Å². The summed E-state index contributed by atoms with van der Waals surface area (Å²) in [6, 6.07) is 15.4. The van der Waals surface area contributed by atoms with Crippen LogP contribution in [-0.4, -0.2) is 33.9 Å². The Hall–Kier alpha value is -3.74. The van der Waals surface area contributed by atoms with Crippen LogP contribution in [0.3, 0.4) is 0 Å². The number of halogens is 1. The molecule has 0 fully saturated rings. The van der Waals surface area contributed by atoms with E-state index in [2.05, 4.69) is 5.10 Å². The quantitative estimate of drug-likeness (QED) is 0.430. The zero-order chi connectivity index (χ0) is 22.4. The summed E-state index contributed by atoms with van der Waals surface area (Å²) in [5.74, 6) is -1.67. The molecule has 0 aliphatic rings. The maximum atomic E-state index is 13.3. The fraction of sp³-hybridized carbons (Fsp3) is 0.208. The van der Waals surface area contributed by atoms with E-state index in [1.807, 2.05) is 30.3 Å². The molecule has 7 heteroatoms. The lowest BCUT2D eigenvalue weighted by molar-refractivity contribution is -0.164. The molecule has 0 saturated heterocycles. The molecular formula is C24H23FN2O4. The van der Waals surface area contributed by atoms with Crippen LogP contribution in [-0.2, 0) is 19.1 Å². The van der Waals surface area contributed by atoms with Crippen LogP contribution in [0.15, 0.2) is 66.9 Å². The smallest absolute Gasteiger partial charge is 0.344 e. The van der Waals surface area contributed by atoms with Gasteiger partial charge < -0.3 is 9.47 Å². The van der Waals surface area contributed by atoms with E-state index in [1.165, 1.54) is 18.2 Å². The van der Waals surface area contributed by atoms with Crippen molar-refractivity contribution in [1.82, 2.24) is 9.78 Å². The van der Waals surface area contributed by atoms with Crippen molar-refractivity contribution in [2.45, 2.75) is 26.4 Å². The van der Waals surface area contributed by atoms with E-state index in [9.17, 15) is 14.0 Å². The van der Waals surface area contributed by atoms with E-state index in [1.54, 1.807) is 49.9 Å². The van der Waals surface area contributed by atoms with Crippen LogP contribution in [0.25, 0.3) is 23.0 Å². The number of hydrogen-bond donors (Lipinski definition) is 0. The highest BCUT2D eigenvalue weighted by atomic mass is 19.1. The van der Waals surface area contributed by atoms with Gasteiger partial charge in [0.25, 0.3) is 0 Å². The summed E-state index contributed by atoms with van der Waals surface area (Å²) in [6.45, 7) is 4.71. The largest absolute Gasteiger partial charge is 0.457 e. The number of para-hydroxylation sites is 1. The molecule has 3 rings (SSSR count). The first kappa shape index (κ1) is 22.0. The number of nitrogens with zero attached hydrogens (tertiary/aromatic N) is 2. The Morgan fingerprint density at radius 1 is 1.06 bits per heavy atom. The van der Waals surface area contributed by atoms with E-state index in [-0.39, 0.29) is 5.82 Å². The van der Waals surface area contributed by atoms with Gasteiger partial charge in [-0.15, -0.1) is 0 Å². The van der Waals surface area contributed by atoms with Crippen LogP contribution in [0, 0.1) is 5.82 Å². The Morgan fingerprint density at radius 2 is 1.74 bits per heavy atom. The molecule has 1 aromatic heterocycles. The van der Waals surface area contributed by atoms with E-state index >= 15 is 0 Å². The normalized spacial score (nSPS) is 11.5. The van der Waals surface area contributed by atoms with Crippen LogP contribution in [0.2, 0.25) is 0 Å². The summed E-state index contributed by atoms with van der Waals surface area (Å²) in [5, 5.41) is 4.59. The summed E-state index contributed by atoms with van der Waals surface area (Å²) in [7, 11) is 0. The van der Waals surface area contributed by atoms with Gasteiger partial charge in [0.1, 0.15) is 11.4 Å². The van der Waals surface area contributed by atoms with E-state index < -0.39 is 24.1 Å². The van der Waals surface area contributed by atoms with Gasteiger partial charge in [0.15, 0.2) is 6.61 Å². The molecule has 0 saturated carbocycles. The fourth-order valence-corrected chi connectivity index (χ4v) is 2.76. The van der Waals surface area contributed by atoms with Crippen LogP contribution in [0.1, 0.15) is 26.3 Å². The Labute approximate surface area is 179 Å². The molecule has 160 valence electrons. The Kier molecular flexibility index (Phi) is 6.65. The summed E-state index contributed by atoms with van der Waals surface area (Å²) in [4.78, 5) is 23.8. The molecule has 0 bridgehead atoms. The van der Waals surface area contributed by atoms with E-state index in [0.29, 0.717) is 16.8 Å². The molecule has 31 heavy (non-hydrogen) atoms. The number of carbonyl (C=O) groups excluding carboxylic acids is 2. The van der Waals surface area contributed by atoms with Crippen molar-refractivity contribution < 1.29 is 23.5 Å². The van der Waals surface area contributed by atoms with Crippen molar-refractivity contribution >= 4 is 18.0 Å². The van der Waals surface area contributed by atoms with Crippen LogP contribution < -0.4 is 0 Å². The van der Waals surface area contributed by atoms with Crippen molar-refractivity contribution in [3.8, 4) is 16.9 Å². The van der Waals surface area contributed by atoms with Crippen LogP contribution in [0.5, 0.6) is 0 Å². The zero-order valence-electron chi connectivity index (χ0n) is 17.5. The third kappa shape index (κ3) is 6.37. The van der Waals surface area contributed by atoms with Gasteiger partial charge in [-0.3, -0.25) is 0 Å². The highest BCUT2D eigenvalue weighted by molar-refractivity contribution is 5.90. The van der Waals surface area contributed by atoms with Crippen molar-refractivity contribution in [2.24, 2.45) is 0 Å². The topological polar surface area (TPSA) is 70.4 Å². The second-order valence-corrected chi connectivity index (χ2v) is 7.75. The fourth-order valence-electron chi connectivity index (χ4n) is 2.76. The zero-order valence-corrected chi connectivity index (χ0v) is 17.5. The lowest BCUT2D eigenvalue weighted by atomic mass is 10.1. The first-order chi connectivity index (χ1) is 14.7. The van der Waals surface area contributed by atoms with Gasteiger partial charge in [0.05, 0.1) is 11.4 Å². The number of ether oxygens (including phenoxy) is 2. The lowest BCUT2D eigenvalue weighted by Crippen LogP contribution is -2.27. The van der Waals surface area contributed by atoms with Crippen molar-refractivity contribution in [2.75, 3.05) is 6.61 Å². The SMILES string of the molecule is CC(C)(C)OC(=O)COC(=O)/C=C/c1cn(-c2ccccc2)nc1-c1ccc(F)cc1. The van der Waals surface area contributed by atoms with Gasteiger partial charge in [-0.2, -0.15) is 5.10 Å². The molecule has 2 aromatic carbocycles. The minimum absolute atomic E-state index is 0.353. The molecule has 0 aliphatic carbocycles.